The summed E-state index contributed by atoms with van der Waals surface area (Å²) in [5.41, 5.74) is 1.51. The molecule has 0 spiro atoms. The maximum absolute atomic E-state index is 12.8. The monoisotopic (exact) mass is 420 g/mol. The van der Waals surface area contributed by atoms with Gasteiger partial charge in [0, 0.05) is 31.0 Å². The van der Waals surface area contributed by atoms with Crippen LogP contribution < -0.4 is 21.5 Å². The minimum absolute atomic E-state index is 0.159. The minimum Gasteiger partial charge on any atom is -0.372 e. The average Bonchev–Trinajstić information content (AvgIpc) is 3.07. The molecule has 31 heavy (non-hydrogen) atoms. The fraction of sp³-hybridized carbons (Fsp3) is 0.375. The number of aromatic nitrogens is 2. The van der Waals surface area contributed by atoms with Crippen LogP contribution in [0, 0.1) is 0 Å². The highest BCUT2D eigenvalue weighted by molar-refractivity contribution is 5.91. The lowest BCUT2D eigenvalue weighted by molar-refractivity contribution is -0.116. The van der Waals surface area contributed by atoms with Crippen LogP contribution >= 0.6 is 0 Å². The van der Waals surface area contributed by atoms with E-state index < -0.39 is 5.69 Å². The van der Waals surface area contributed by atoms with Gasteiger partial charge in [0.05, 0.1) is 10.9 Å². The number of nitrogens with one attached hydrogen (secondary N) is 1. The second-order valence-corrected chi connectivity index (χ2v) is 7.93. The fourth-order valence-electron chi connectivity index (χ4n) is 4.23. The van der Waals surface area contributed by atoms with Gasteiger partial charge >= 0.3 is 5.69 Å². The Morgan fingerprint density at radius 3 is 2.26 bits per heavy atom. The number of amides is 1. The standard InChI is InChI=1S/C24H28N4O3/c1-2-27-23(30)20-9-5-6-10-21(20)28(24(27)31)17-22(29)25-18-11-13-19(14-12-18)26-15-7-3-4-8-16-26/h5-6,9-14H,2-4,7-8,15-17H2,1H3,(H,25,29). The zero-order valence-electron chi connectivity index (χ0n) is 17.8. The molecule has 0 saturated carbocycles. The van der Waals surface area contributed by atoms with Crippen molar-refractivity contribution in [3.8, 4) is 0 Å². The third-order valence-corrected chi connectivity index (χ3v) is 5.87. The van der Waals surface area contributed by atoms with Gasteiger partial charge in [-0.2, -0.15) is 0 Å². The predicted octanol–water partition coefficient (Wildman–Crippen LogP) is 3.20. The van der Waals surface area contributed by atoms with Gasteiger partial charge in [-0.15, -0.1) is 0 Å². The van der Waals surface area contributed by atoms with Gasteiger partial charge in [0.25, 0.3) is 5.56 Å². The molecule has 1 saturated heterocycles. The maximum atomic E-state index is 12.8. The van der Waals surface area contributed by atoms with Gasteiger partial charge in [-0.1, -0.05) is 25.0 Å². The molecule has 1 aliphatic rings. The van der Waals surface area contributed by atoms with Crippen LogP contribution in [-0.2, 0) is 17.9 Å². The Balaban J connectivity index is 1.53. The Morgan fingerprint density at radius 1 is 0.903 bits per heavy atom. The Kier molecular flexibility index (Phi) is 6.21. The van der Waals surface area contributed by atoms with Gasteiger partial charge in [0.15, 0.2) is 0 Å². The number of nitrogens with zero attached hydrogens (tertiary/aromatic N) is 3. The summed E-state index contributed by atoms with van der Waals surface area (Å²) >= 11 is 0. The lowest BCUT2D eigenvalue weighted by Crippen LogP contribution is -2.41. The van der Waals surface area contributed by atoms with Crippen LogP contribution in [0.2, 0.25) is 0 Å². The quantitative estimate of drug-likeness (QED) is 0.688. The second-order valence-electron chi connectivity index (χ2n) is 7.93. The van der Waals surface area contributed by atoms with Crippen molar-refractivity contribution < 1.29 is 4.79 Å². The average molecular weight is 421 g/mol. The number of benzene rings is 2. The van der Waals surface area contributed by atoms with Crippen LogP contribution in [0.1, 0.15) is 32.6 Å². The molecule has 0 radical (unpaired) electrons. The van der Waals surface area contributed by atoms with Crippen molar-refractivity contribution in [2.24, 2.45) is 0 Å². The molecule has 0 unspecified atom stereocenters. The number of hydrogen-bond acceptors (Lipinski definition) is 4. The van der Waals surface area contributed by atoms with Crippen LogP contribution in [0.15, 0.2) is 58.1 Å². The van der Waals surface area contributed by atoms with Gasteiger partial charge in [0.2, 0.25) is 5.91 Å². The molecule has 1 N–H and O–H groups in total. The Labute approximate surface area is 180 Å². The number of fused-ring (bicyclic) bond motifs is 1. The highest BCUT2D eigenvalue weighted by atomic mass is 16.2. The molecule has 2 heterocycles. The van der Waals surface area contributed by atoms with E-state index in [1.165, 1.54) is 30.3 Å². The van der Waals surface area contributed by atoms with Crippen molar-refractivity contribution in [1.29, 1.82) is 0 Å². The van der Waals surface area contributed by atoms with Gasteiger partial charge in [-0.3, -0.25) is 18.7 Å². The van der Waals surface area contributed by atoms with Crippen molar-refractivity contribution >= 4 is 28.2 Å². The first kappa shape index (κ1) is 20.9. The molecular weight excluding hydrogens is 392 g/mol. The number of rotatable bonds is 5. The fourth-order valence-corrected chi connectivity index (χ4v) is 4.23. The maximum Gasteiger partial charge on any atom is 0.331 e. The number of para-hydroxylation sites is 1. The number of carbonyl (C=O) groups is 1. The number of carbonyl (C=O) groups excluding carboxylic acids is 1. The van der Waals surface area contributed by atoms with E-state index in [0.717, 1.165) is 23.3 Å². The van der Waals surface area contributed by atoms with E-state index in [-0.39, 0.29) is 24.6 Å². The zero-order valence-corrected chi connectivity index (χ0v) is 17.8. The lowest BCUT2D eigenvalue weighted by atomic mass is 10.2. The summed E-state index contributed by atoms with van der Waals surface area (Å²) in [6.07, 6.45) is 4.98. The molecule has 7 heteroatoms. The smallest absolute Gasteiger partial charge is 0.331 e. The molecule has 1 fully saturated rings. The zero-order chi connectivity index (χ0) is 21.8. The minimum atomic E-state index is -0.474. The van der Waals surface area contributed by atoms with Crippen LogP contribution in [0.4, 0.5) is 11.4 Å². The van der Waals surface area contributed by atoms with Crippen LogP contribution in [0.5, 0.6) is 0 Å². The third-order valence-electron chi connectivity index (χ3n) is 5.87. The Bertz CT molecular complexity index is 1190. The molecule has 162 valence electrons. The first-order chi connectivity index (χ1) is 15.1. The molecule has 4 rings (SSSR count). The Hall–Kier alpha value is -3.35. The number of anilines is 2. The summed E-state index contributed by atoms with van der Waals surface area (Å²) in [5, 5.41) is 3.30. The van der Waals surface area contributed by atoms with E-state index in [2.05, 4.69) is 10.2 Å². The van der Waals surface area contributed by atoms with E-state index >= 15 is 0 Å². The van der Waals surface area contributed by atoms with Crippen LogP contribution in [0.25, 0.3) is 10.9 Å². The molecular formula is C24H28N4O3. The largest absolute Gasteiger partial charge is 0.372 e. The van der Waals surface area contributed by atoms with Gasteiger partial charge < -0.3 is 10.2 Å². The predicted molar refractivity (Wildman–Crippen MR) is 124 cm³/mol. The van der Waals surface area contributed by atoms with E-state index in [0.29, 0.717) is 16.6 Å². The summed E-state index contributed by atoms with van der Waals surface area (Å²) < 4.78 is 2.52. The SMILES string of the molecule is CCn1c(=O)c2ccccc2n(CC(=O)Nc2ccc(N3CCCCCC3)cc2)c1=O. The van der Waals surface area contributed by atoms with Crippen LogP contribution in [-0.4, -0.2) is 28.1 Å². The second kappa shape index (κ2) is 9.20. The van der Waals surface area contributed by atoms with E-state index in [9.17, 15) is 14.4 Å². The van der Waals surface area contributed by atoms with Crippen molar-refractivity contribution in [3.05, 3.63) is 69.4 Å². The molecule has 1 aliphatic heterocycles. The first-order valence-corrected chi connectivity index (χ1v) is 11.0. The van der Waals surface area contributed by atoms with Crippen molar-refractivity contribution in [2.75, 3.05) is 23.3 Å². The molecule has 2 aromatic carbocycles. The number of hydrogen-bond donors (Lipinski definition) is 1. The summed E-state index contributed by atoms with van der Waals surface area (Å²) in [7, 11) is 0. The van der Waals surface area contributed by atoms with E-state index in [1.54, 1.807) is 31.2 Å². The molecule has 0 atom stereocenters. The molecule has 1 aromatic heterocycles. The molecule has 7 nitrogen and oxygen atoms in total. The summed E-state index contributed by atoms with van der Waals surface area (Å²) in [5.74, 6) is -0.309. The highest BCUT2D eigenvalue weighted by Gasteiger charge is 2.15. The molecule has 3 aromatic rings. The highest BCUT2D eigenvalue weighted by Crippen LogP contribution is 2.21. The summed E-state index contributed by atoms with van der Waals surface area (Å²) in [4.78, 5) is 40.5. The van der Waals surface area contributed by atoms with Gasteiger partial charge in [-0.25, -0.2) is 4.79 Å². The molecule has 1 amide bonds. The third kappa shape index (κ3) is 4.40. The van der Waals surface area contributed by atoms with Gasteiger partial charge in [0.1, 0.15) is 6.54 Å². The van der Waals surface area contributed by atoms with Crippen molar-refractivity contribution in [2.45, 2.75) is 45.7 Å². The van der Waals surface area contributed by atoms with Crippen LogP contribution in [0.3, 0.4) is 0 Å². The van der Waals surface area contributed by atoms with Crippen molar-refractivity contribution in [1.82, 2.24) is 9.13 Å². The summed E-state index contributed by atoms with van der Waals surface area (Å²) in [6, 6.07) is 14.7. The normalized spacial score (nSPS) is 14.4. The molecule has 0 bridgehead atoms. The first-order valence-electron chi connectivity index (χ1n) is 11.0. The Morgan fingerprint density at radius 2 is 1.58 bits per heavy atom. The van der Waals surface area contributed by atoms with E-state index in [1.807, 2.05) is 24.3 Å². The van der Waals surface area contributed by atoms with E-state index in [4.69, 9.17) is 0 Å². The molecule has 0 aliphatic carbocycles. The lowest BCUT2D eigenvalue weighted by Gasteiger charge is -2.22. The van der Waals surface area contributed by atoms with Gasteiger partial charge in [-0.05, 0) is 56.2 Å². The van der Waals surface area contributed by atoms with Crippen molar-refractivity contribution in [3.63, 3.8) is 0 Å². The topological polar surface area (TPSA) is 76.3 Å². The summed E-state index contributed by atoms with van der Waals surface area (Å²) in [6.45, 7) is 3.97.